The molecule has 0 aliphatic heterocycles. The van der Waals surface area contributed by atoms with Gasteiger partial charge in [-0.1, -0.05) is 25.3 Å². The van der Waals surface area contributed by atoms with Crippen LogP contribution in [0.1, 0.15) is 43.7 Å². The lowest BCUT2D eigenvalue weighted by Gasteiger charge is -2.29. The van der Waals surface area contributed by atoms with Gasteiger partial charge in [0.2, 0.25) is 0 Å². The summed E-state index contributed by atoms with van der Waals surface area (Å²) in [6.07, 6.45) is 1.76. The number of hydrogen-bond donors (Lipinski definition) is 0. The number of hydrogen-bond acceptors (Lipinski definition) is 4. The number of rotatable bonds is 11. The highest BCUT2D eigenvalue weighted by molar-refractivity contribution is 6.08. The number of amides is 1. The largest absolute Gasteiger partial charge is 0.489 e. The molecule has 5 nitrogen and oxygen atoms in total. The predicted octanol–water partition coefficient (Wildman–Crippen LogP) is 6.47. The molecular formula is C25H28F5N3O2. The maximum absolute atomic E-state index is 14.2. The van der Waals surface area contributed by atoms with Gasteiger partial charge in [-0.25, -0.2) is 8.78 Å². The van der Waals surface area contributed by atoms with Crippen molar-refractivity contribution in [3.05, 3.63) is 90.2 Å². The van der Waals surface area contributed by atoms with E-state index in [1.807, 2.05) is 0 Å². The van der Waals surface area contributed by atoms with E-state index in [0.717, 1.165) is 25.3 Å². The third-order valence-corrected chi connectivity index (χ3v) is 4.74. The van der Waals surface area contributed by atoms with Crippen molar-refractivity contribution in [1.82, 2.24) is 9.88 Å². The fourth-order valence-electron chi connectivity index (χ4n) is 2.90. The summed E-state index contributed by atoms with van der Waals surface area (Å²) in [5, 5.41) is 0. The lowest BCUT2D eigenvalue weighted by Crippen LogP contribution is -2.41. The fourth-order valence-corrected chi connectivity index (χ4v) is 2.90. The minimum atomic E-state index is -4.73. The minimum absolute atomic E-state index is 0.0419. The Hall–Kier alpha value is -3.56. The number of nitrogens with zero attached hydrogens (tertiary/aromatic N) is 3. The van der Waals surface area contributed by atoms with Crippen LogP contribution in [-0.2, 0) is 4.74 Å². The third-order valence-electron chi connectivity index (χ3n) is 4.74. The van der Waals surface area contributed by atoms with E-state index < -0.39 is 41.1 Å². The van der Waals surface area contributed by atoms with Crippen LogP contribution in [0.5, 0.6) is 0 Å². The Labute approximate surface area is 201 Å². The van der Waals surface area contributed by atoms with Crippen LogP contribution < -0.4 is 0 Å². The summed E-state index contributed by atoms with van der Waals surface area (Å²) in [5.41, 5.74) is -0.707. The maximum atomic E-state index is 14.2. The Morgan fingerprint density at radius 2 is 2.03 bits per heavy atom. The Bertz CT molecular complexity index is 1060. The van der Waals surface area contributed by atoms with Gasteiger partial charge in [0.1, 0.15) is 18.2 Å². The second kappa shape index (κ2) is 13.4. The first kappa shape index (κ1) is 29.5. The molecular weight excluding hydrogens is 469 g/mol. The van der Waals surface area contributed by atoms with Gasteiger partial charge >= 0.3 is 6.18 Å². The normalized spacial score (nSPS) is 14.1. The Morgan fingerprint density at radius 1 is 1.37 bits per heavy atom. The summed E-state index contributed by atoms with van der Waals surface area (Å²) in [7, 11) is 0. The van der Waals surface area contributed by atoms with Crippen molar-refractivity contribution < 1.29 is 31.5 Å². The molecule has 1 aromatic heterocycles. The molecule has 0 aromatic carbocycles. The molecule has 35 heavy (non-hydrogen) atoms. The molecule has 1 atom stereocenters. The Kier molecular flexibility index (Phi) is 11.2. The topological polar surface area (TPSA) is 54.8 Å². The van der Waals surface area contributed by atoms with Gasteiger partial charge in [0.25, 0.3) is 5.91 Å². The number of aliphatic imine (C=N–C) groups is 1. The highest BCUT2D eigenvalue weighted by Gasteiger charge is 2.32. The van der Waals surface area contributed by atoms with Crippen LogP contribution in [0.15, 0.2) is 78.1 Å². The zero-order valence-electron chi connectivity index (χ0n) is 20.0. The van der Waals surface area contributed by atoms with E-state index in [4.69, 9.17) is 4.74 Å². The Balaban J connectivity index is 3.09. The zero-order chi connectivity index (χ0) is 26.8. The SMILES string of the molecule is C=C/C=C\N=C(/C)c1ncc(F)cc1C(=O)N(CC)C(C)COC(=C)/C(F)=C\C(=C/C)C(F)(F)F. The van der Waals surface area contributed by atoms with E-state index in [9.17, 15) is 26.7 Å². The first-order valence-electron chi connectivity index (χ1n) is 10.6. The van der Waals surface area contributed by atoms with Gasteiger partial charge in [-0.15, -0.1) is 0 Å². The summed E-state index contributed by atoms with van der Waals surface area (Å²) < 4.78 is 71.8. The van der Waals surface area contributed by atoms with Crippen molar-refractivity contribution in [3.63, 3.8) is 0 Å². The summed E-state index contributed by atoms with van der Waals surface area (Å²) in [4.78, 5) is 22.7. The van der Waals surface area contributed by atoms with E-state index in [1.54, 1.807) is 26.8 Å². The average molecular weight is 498 g/mol. The maximum Gasteiger partial charge on any atom is 0.416 e. The number of carbonyl (C=O) groups is 1. The number of likely N-dealkylation sites (N-methyl/N-ethyl adjacent to an activating group) is 1. The number of pyridine rings is 1. The highest BCUT2D eigenvalue weighted by atomic mass is 19.4. The summed E-state index contributed by atoms with van der Waals surface area (Å²) >= 11 is 0. The second-order valence-electron chi connectivity index (χ2n) is 7.25. The van der Waals surface area contributed by atoms with Crippen LogP contribution in [-0.4, -0.2) is 46.9 Å². The molecule has 0 saturated heterocycles. The van der Waals surface area contributed by atoms with E-state index in [-0.39, 0.29) is 30.5 Å². The van der Waals surface area contributed by atoms with Crippen molar-refractivity contribution in [3.8, 4) is 0 Å². The van der Waals surface area contributed by atoms with Crippen LogP contribution in [0.4, 0.5) is 22.0 Å². The highest BCUT2D eigenvalue weighted by Crippen LogP contribution is 2.29. The van der Waals surface area contributed by atoms with Crippen LogP contribution in [0, 0.1) is 5.82 Å². The van der Waals surface area contributed by atoms with Gasteiger partial charge in [0.15, 0.2) is 5.83 Å². The third kappa shape index (κ3) is 8.62. The lowest BCUT2D eigenvalue weighted by molar-refractivity contribution is -0.0885. The zero-order valence-corrected chi connectivity index (χ0v) is 20.0. The molecule has 1 aromatic rings. The van der Waals surface area contributed by atoms with Crippen LogP contribution in [0.25, 0.3) is 0 Å². The van der Waals surface area contributed by atoms with Crippen LogP contribution >= 0.6 is 0 Å². The van der Waals surface area contributed by atoms with Crippen molar-refractivity contribution in [1.29, 1.82) is 0 Å². The van der Waals surface area contributed by atoms with Crippen molar-refractivity contribution in [2.75, 3.05) is 13.2 Å². The van der Waals surface area contributed by atoms with E-state index in [2.05, 4.69) is 23.1 Å². The Morgan fingerprint density at radius 3 is 2.57 bits per heavy atom. The molecule has 0 radical (unpaired) electrons. The molecule has 1 rings (SSSR count). The number of aromatic nitrogens is 1. The van der Waals surface area contributed by atoms with Gasteiger partial charge in [-0.3, -0.25) is 14.8 Å². The van der Waals surface area contributed by atoms with Crippen LogP contribution in [0.3, 0.4) is 0 Å². The molecule has 1 unspecified atom stereocenters. The molecule has 10 heteroatoms. The average Bonchev–Trinajstić information content (AvgIpc) is 2.80. The van der Waals surface area contributed by atoms with Gasteiger partial charge in [0.05, 0.1) is 34.8 Å². The van der Waals surface area contributed by atoms with Crippen LogP contribution in [0.2, 0.25) is 0 Å². The molecule has 190 valence electrons. The smallest absolute Gasteiger partial charge is 0.416 e. The predicted molar refractivity (Wildman–Crippen MR) is 126 cm³/mol. The van der Waals surface area contributed by atoms with E-state index in [1.165, 1.54) is 17.2 Å². The quantitative estimate of drug-likeness (QED) is 0.152. The van der Waals surface area contributed by atoms with Gasteiger partial charge < -0.3 is 9.64 Å². The standard InChI is InChI=1S/C25H28F5N3O2/c1-7-10-11-31-17(5)23-21(13-20(26)14-32-23)24(34)33(9-3)16(4)15-35-18(6)22(27)12-19(8-2)25(28,29)30/h7-8,10-14,16H,1,6,9,15H2,2-5H3/b11-10-,19-8+,22-12+,31-17+. The fraction of sp³-hybridized carbons (Fsp3) is 0.320. The molecule has 0 aliphatic carbocycles. The molecule has 0 bridgehead atoms. The monoisotopic (exact) mass is 497 g/mol. The molecule has 0 aliphatic rings. The van der Waals surface area contributed by atoms with Gasteiger partial charge in [-0.2, -0.15) is 13.2 Å². The number of halogens is 5. The molecule has 0 spiro atoms. The van der Waals surface area contributed by atoms with Crippen molar-refractivity contribution in [2.24, 2.45) is 4.99 Å². The summed E-state index contributed by atoms with van der Waals surface area (Å²) in [6, 6.07) is 0.365. The molecule has 0 N–H and O–H groups in total. The minimum Gasteiger partial charge on any atom is -0.489 e. The first-order chi connectivity index (χ1) is 16.4. The second-order valence-corrected chi connectivity index (χ2v) is 7.25. The number of allylic oxidation sites excluding steroid dienone is 6. The molecule has 1 amide bonds. The molecule has 1 heterocycles. The van der Waals surface area contributed by atoms with Gasteiger partial charge in [-0.05, 0) is 45.9 Å². The summed E-state index contributed by atoms with van der Waals surface area (Å²) in [6.45, 7) is 12.7. The van der Waals surface area contributed by atoms with E-state index >= 15 is 0 Å². The number of alkyl halides is 3. The summed E-state index contributed by atoms with van der Waals surface area (Å²) in [5.74, 6) is -3.22. The first-order valence-corrected chi connectivity index (χ1v) is 10.6. The number of carbonyl (C=O) groups excluding carboxylic acids is 1. The lowest BCUT2D eigenvalue weighted by atomic mass is 10.1. The van der Waals surface area contributed by atoms with Gasteiger partial charge in [0, 0.05) is 12.7 Å². The van der Waals surface area contributed by atoms with Crippen molar-refractivity contribution >= 4 is 11.6 Å². The molecule has 0 fully saturated rings. The number of ether oxygens (including phenoxy) is 1. The molecule has 0 saturated carbocycles. The van der Waals surface area contributed by atoms with Crippen molar-refractivity contribution in [2.45, 2.75) is 39.9 Å². The van der Waals surface area contributed by atoms with E-state index in [0.29, 0.717) is 5.71 Å².